The summed E-state index contributed by atoms with van der Waals surface area (Å²) in [6, 6.07) is 42.7. The number of fused-ring (bicyclic) bond motifs is 3. The Labute approximate surface area is 187 Å². The minimum absolute atomic E-state index is 1.09. The second-order valence-corrected chi connectivity index (χ2v) is 8.08. The number of anilines is 4. The predicted octanol–water partition coefficient (Wildman–Crippen LogP) is 8.63. The van der Waals surface area contributed by atoms with Gasteiger partial charge in [0.1, 0.15) is 0 Å². The fourth-order valence-electron chi connectivity index (χ4n) is 4.36. The maximum absolute atomic E-state index is 3.63. The van der Waals surface area contributed by atoms with Crippen molar-refractivity contribution in [1.29, 1.82) is 0 Å². The van der Waals surface area contributed by atoms with Gasteiger partial charge in [0.25, 0.3) is 0 Å². The van der Waals surface area contributed by atoms with Gasteiger partial charge >= 0.3 is 0 Å². The van der Waals surface area contributed by atoms with E-state index in [0.717, 1.165) is 22.7 Å². The fraction of sp³-hybridized carbons (Fsp3) is 0. The summed E-state index contributed by atoms with van der Waals surface area (Å²) in [7, 11) is 0. The summed E-state index contributed by atoms with van der Waals surface area (Å²) in [5.41, 5.74) is 4.37. The number of hydrogen-bond donors (Lipinski definition) is 2. The maximum atomic E-state index is 3.63. The first-order valence-corrected chi connectivity index (χ1v) is 10.9. The van der Waals surface area contributed by atoms with Gasteiger partial charge in [-0.05, 0) is 57.9 Å². The van der Waals surface area contributed by atoms with Gasteiger partial charge in [0.05, 0.1) is 0 Å². The van der Waals surface area contributed by atoms with E-state index < -0.39 is 0 Å². The van der Waals surface area contributed by atoms with Gasteiger partial charge < -0.3 is 10.6 Å². The average molecular weight is 411 g/mol. The Hall–Kier alpha value is -4.30. The molecule has 0 unspecified atom stereocenters. The van der Waals surface area contributed by atoms with Crippen LogP contribution in [-0.4, -0.2) is 0 Å². The van der Waals surface area contributed by atoms with Gasteiger partial charge in [-0.2, -0.15) is 0 Å². The first kappa shape index (κ1) is 18.5. The van der Waals surface area contributed by atoms with Gasteiger partial charge in [-0.3, -0.25) is 0 Å². The van der Waals surface area contributed by atoms with Crippen LogP contribution in [0.1, 0.15) is 0 Å². The summed E-state index contributed by atoms with van der Waals surface area (Å²) in [6.45, 7) is 0. The Morgan fingerprint density at radius 1 is 0.344 bits per heavy atom. The third-order valence-corrected chi connectivity index (χ3v) is 5.98. The molecule has 6 aromatic carbocycles. The largest absolute Gasteiger partial charge is 0.355 e. The van der Waals surface area contributed by atoms with Crippen molar-refractivity contribution in [2.75, 3.05) is 10.6 Å². The molecular weight excluding hydrogens is 388 g/mol. The number of hydrogen-bond acceptors (Lipinski definition) is 2. The minimum Gasteiger partial charge on any atom is -0.355 e. The molecule has 0 radical (unpaired) electrons. The summed E-state index contributed by atoms with van der Waals surface area (Å²) in [6.07, 6.45) is 0. The van der Waals surface area contributed by atoms with Crippen LogP contribution >= 0.6 is 0 Å². The van der Waals surface area contributed by atoms with Crippen molar-refractivity contribution in [3.8, 4) is 0 Å². The lowest BCUT2D eigenvalue weighted by atomic mass is 10.0. The molecular formula is C30H22N2. The lowest BCUT2D eigenvalue weighted by Crippen LogP contribution is -1.95. The zero-order valence-corrected chi connectivity index (χ0v) is 17.5. The maximum Gasteiger partial charge on any atom is 0.0465 e. The molecule has 0 heterocycles. The van der Waals surface area contributed by atoms with Crippen LogP contribution in [0.2, 0.25) is 0 Å². The van der Waals surface area contributed by atoms with Crippen molar-refractivity contribution in [2.24, 2.45) is 0 Å². The second-order valence-electron chi connectivity index (χ2n) is 8.08. The predicted molar refractivity (Wildman–Crippen MR) is 138 cm³/mol. The highest BCUT2D eigenvalue weighted by molar-refractivity contribution is 6.04. The summed E-state index contributed by atoms with van der Waals surface area (Å²) in [5, 5.41) is 14.6. The van der Waals surface area contributed by atoms with Crippen LogP contribution in [0.5, 0.6) is 0 Å². The van der Waals surface area contributed by atoms with E-state index in [1.54, 1.807) is 0 Å². The first-order valence-electron chi connectivity index (χ1n) is 10.9. The molecule has 6 rings (SSSR count). The molecule has 0 aliphatic carbocycles. The summed E-state index contributed by atoms with van der Waals surface area (Å²) in [5.74, 6) is 0. The van der Waals surface area contributed by atoms with E-state index in [2.05, 4.69) is 132 Å². The third-order valence-electron chi connectivity index (χ3n) is 5.98. The molecule has 152 valence electrons. The van der Waals surface area contributed by atoms with Crippen LogP contribution < -0.4 is 10.6 Å². The van der Waals surface area contributed by atoms with Crippen LogP contribution in [0.4, 0.5) is 22.7 Å². The molecule has 0 saturated carbocycles. The Bertz CT molecular complexity index is 1460. The van der Waals surface area contributed by atoms with Crippen molar-refractivity contribution in [1.82, 2.24) is 0 Å². The summed E-state index contributed by atoms with van der Waals surface area (Å²) >= 11 is 0. The van der Waals surface area contributed by atoms with Crippen LogP contribution in [0.3, 0.4) is 0 Å². The highest BCUT2D eigenvalue weighted by Gasteiger charge is 2.07. The fourth-order valence-corrected chi connectivity index (χ4v) is 4.36. The Morgan fingerprint density at radius 2 is 0.750 bits per heavy atom. The molecule has 0 spiro atoms. The van der Waals surface area contributed by atoms with Gasteiger partial charge in [-0.25, -0.2) is 0 Å². The number of benzene rings is 6. The molecule has 0 aliphatic heterocycles. The minimum atomic E-state index is 1.09. The zero-order valence-electron chi connectivity index (χ0n) is 17.5. The van der Waals surface area contributed by atoms with Crippen LogP contribution in [0.25, 0.3) is 32.3 Å². The zero-order chi connectivity index (χ0) is 21.3. The standard InChI is InChI=1S/C30H22N2/c1-3-9-23-19-25(15-13-21(23)7-1)31-29-17-18-30(28-12-6-5-11-27(28)29)32-26-16-14-22-8-2-4-10-24(22)20-26/h1-20,31-32H. The highest BCUT2D eigenvalue weighted by Crippen LogP contribution is 2.34. The number of nitrogens with one attached hydrogen (secondary N) is 2. The SMILES string of the molecule is c1ccc2cc(Nc3ccc(Nc4ccc5ccccc5c4)c4ccccc34)ccc2c1. The quantitative estimate of drug-likeness (QED) is 0.304. The van der Waals surface area contributed by atoms with E-state index in [-0.39, 0.29) is 0 Å². The van der Waals surface area contributed by atoms with Crippen LogP contribution in [0, 0.1) is 0 Å². The van der Waals surface area contributed by atoms with Crippen LogP contribution in [0.15, 0.2) is 121 Å². The van der Waals surface area contributed by atoms with Gasteiger partial charge in [0, 0.05) is 33.5 Å². The van der Waals surface area contributed by atoms with Crippen molar-refractivity contribution in [2.45, 2.75) is 0 Å². The topological polar surface area (TPSA) is 24.1 Å². The molecule has 0 atom stereocenters. The molecule has 2 N–H and O–H groups in total. The van der Waals surface area contributed by atoms with Crippen molar-refractivity contribution in [3.05, 3.63) is 121 Å². The van der Waals surface area contributed by atoms with E-state index in [0.29, 0.717) is 0 Å². The smallest absolute Gasteiger partial charge is 0.0465 e. The molecule has 32 heavy (non-hydrogen) atoms. The Kier molecular flexibility index (Phi) is 4.47. The van der Waals surface area contributed by atoms with E-state index in [9.17, 15) is 0 Å². The first-order chi connectivity index (χ1) is 15.8. The average Bonchev–Trinajstić information content (AvgIpc) is 2.85. The summed E-state index contributed by atoms with van der Waals surface area (Å²) in [4.78, 5) is 0. The second kappa shape index (κ2) is 7.75. The number of rotatable bonds is 4. The molecule has 0 fully saturated rings. The third kappa shape index (κ3) is 3.42. The summed E-state index contributed by atoms with van der Waals surface area (Å²) < 4.78 is 0. The molecule has 0 aromatic heterocycles. The van der Waals surface area contributed by atoms with Gasteiger partial charge in [0.2, 0.25) is 0 Å². The molecule has 6 aromatic rings. The monoisotopic (exact) mass is 410 g/mol. The van der Waals surface area contributed by atoms with E-state index in [1.165, 1.54) is 32.3 Å². The molecule has 2 nitrogen and oxygen atoms in total. The molecule has 0 amide bonds. The molecule has 0 saturated heterocycles. The lowest BCUT2D eigenvalue weighted by molar-refractivity contribution is 1.57. The van der Waals surface area contributed by atoms with Gasteiger partial charge in [0.15, 0.2) is 0 Å². The van der Waals surface area contributed by atoms with Gasteiger partial charge in [-0.15, -0.1) is 0 Å². The van der Waals surface area contributed by atoms with Crippen molar-refractivity contribution < 1.29 is 0 Å². The van der Waals surface area contributed by atoms with E-state index in [4.69, 9.17) is 0 Å². The molecule has 0 bridgehead atoms. The van der Waals surface area contributed by atoms with E-state index in [1.807, 2.05) is 0 Å². The van der Waals surface area contributed by atoms with Crippen LogP contribution in [-0.2, 0) is 0 Å². The normalized spacial score (nSPS) is 11.1. The van der Waals surface area contributed by atoms with E-state index >= 15 is 0 Å². The Balaban J connectivity index is 1.37. The van der Waals surface area contributed by atoms with Crippen molar-refractivity contribution in [3.63, 3.8) is 0 Å². The highest BCUT2D eigenvalue weighted by atomic mass is 14.9. The molecule has 0 aliphatic rings. The molecule has 2 heteroatoms. The van der Waals surface area contributed by atoms with Gasteiger partial charge in [-0.1, -0.05) is 84.9 Å². The lowest BCUT2D eigenvalue weighted by Gasteiger charge is -2.15. The Morgan fingerprint density at radius 3 is 1.22 bits per heavy atom. The van der Waals surface area contributed by atoms with Crippen molar-refractivity contribution >= 4 is 55.1 Å².